The van der Waals surface area contributed by atoms with Crippen molar-refractivity contribution in [3.05, 3.63) is 36.5 Å². The number of aliphatic hydroxyl groups excluding tert-OH is 3. The zero-order valence-corrected chi connectivity index (χ0v) is 46.7. The van der Waals surface area contributed by atoms with Crippen molar-refractivity contribution in [1.82, 2.24) is 5.32 Å². The first kappa shape index (κ1) is 67.6. The normalized spacial score (nSPS) is 13.4. The average Bonchev–Trinajstić information content (AvgIpc) is 3.35. The SMILES string of the molecule is CCCCCCCCCCCCCCCC/C=C\CCCCCCCCCCCCCCCCCCC(O)C(=O)NC(CO)C(O)/C=C/CC/C=C/CCCCCCCCCCCCCCCCC. The van der Waals surface area contributed by atoms with Crippen LogP contribution in [0.1, 0.15) is 341 Å². The molecule has 0 aliphatic rings. The summed E-state index contributed by atoms with van der Waals surface area (Å²) in [7, 11) is 0. The average molecular weight is 971 g/mol. The lowest BCUT2D eigenvalue weighted by Crippen LogP contribution is -2.48. The Morgan fingerprint density at radius 1 is 0.348 bits per heavy atom. The van der Waals surface area contributed by atoms with Gasteiger partial charge in [0.15, 0.2) is 0 Å². The van der Waals surface area contributed by atoms with Crippen LogP contribution < -0.4 is 5.32 Å². The molecule has 0 aromatic heterocycles. The number of hydrogen-bond donors (Lipinski definition) is 4. The number of unbranched alkanes of at least 4 members (excludes halogenated alkanes) is 46. The largest absolute Gasteiger partial charge is 0.394 e. The zero-order chi connectivity index (χ0) is 50.0. The molecule has 0 aromatic rings. The minimum absolute atomic E-state index is 0.374. The first-order valence-corrected chi connectivity index (χ1v) is 31.3. The molecule has 0 saturated heterocycles. The number of nitrogens with one attached hydrogen (secondary N) is 1. The lowest BCUT2D eigenvalue weighted by molar-refractivity contribution is -0.131. The second-order valence-corrected chi connectivity index (χ2v) is 21.6. The maximum absolute atomic E-state index is 12.6. The Bertz CT molecular complexity index is 1070. The molecule has 0 aliphatic heterocycles. The van der Waals surface area contributed by atoms with E-state index in [-0.39, 0.29) is 6.61 Å². The van der Waals surface area contributed by atoms with Crippen molar-refractivity contribution in [2.24, 2.45) is 0 Å². The Labute approximate surface area is 432 Å². The summed E-state index contributed by atoms with van der Waals surface area (Å²) in [6.07, 6.45) is 78.3. The molecule has 5 heteroatoms. The monoisotopic (exact) mass is 970 g/mol. The molecular formula is C64H123NO4. The van der Waals surface area contributed by atoms with Gasteiger partial charge in [-0.05, 0) is 57.8 Å². The van der Waals surface area contributed by atoms with E-state index in [1.54, 1.807) is 6.08 Å². The Balaban J connectivity index is 3.53. The van der Waals surface area contributed by atoms with Crippen molar-refractivity contribution in [3.8, 4) is 0 Å². The van der Waals surface area contributed by atoms with Crippen molar-refractivity contribution < 1.29 is 20.1 Å². The number of carbonyl (C=O) groups is 1. The Hall–Kier alpha value is -1.43. The van der Waals surface area contributed by atoms with Crippen molar-refractivity contribution in [2.45, 2.75) is 360 Å². The van der Waals surface area contributed by atoms with Crippen molar-refractivity contribution in [1.29, 1.82) is 0 Å². The van der Waals surface area contributed by atoms with Gasteiger partial charge in [0, 0.05) is 0 Å². The minimum atomic E-state index is -1.11. The molecule has 408 valence electrons. The molecule has 0 bridgehead atoms. The summed E-state index contributed by atoms with van der Waals surface area (Å²) in [6, 6.07) is -0.815. The molecule has 3 atom stereocenters. The van der Waals surface area contributed by atoms with E-state index in [1.165, 1.54) is 283 Å². The molecule has 5 nitrogen and oxygen atoms in total. The summed E-state index contributed by atoms with van der Waals surface area (Å²) in [4.78, 5) is 12.6. The highest BCUT2D eigenvalue weighted by Crippen LogP contribution is 2.18. The predicted molar refractivity (Wildman–Crippen MR) is 305 cm³/mol. The van der Waals surface area contributed by atoms with Crippen molar-refractivity contribution in [2.75, 3.05) is 6.61 Å². The fourth-order valence-corrected chi connectivity index (χ4v) is 9.85. The standard InChI is InChI=1S/C64H123NO4/c1-3-5-7-9-11-13-15-17-19-21-23-25-26-27-28-29-30-31-32-33-34-35-36-37-39-41-43-45-47-49-51-53-55-57-59-63(68)64(69)65-61(60-66)62(67)58-56-54-52-50-48-46-44-42-40-38-24-22-20-18-16-14-12-10-8-6-4-2/h29-30,48,50,56,58,61-63,66-68H,3-28,31-47,49,51-55,57,59-60H2,1-2H3,(H,65,69)/b30-29-,50-48+,58-56+. The predicted octanol–water partition coefficient (Wildman–Crippen LogP) is 19.8. The number of rotatable bonds is 58. The van der Waals surface area contributed by atoms with E-state index in [0.29, 0.717) is 6.42 Å². The molecule has 0 spiro atoms. The summed E-state index contributed by atoms with van der Waals surface area (Å²) >= 11 is 0. The van der Waals surface area contributed by atoms with Gasteiger partial charge < -0.3 is 20.6 Å². The molecule has 0 heterocycles. The summed E-state index contributed by atoms with van der Waals surface area (Å²) in [5, 5.41) is 33.4. The minimum Gasteiger partial charge on any atom is -0.394 e. The molecule has 0 rings (SSSR count). The van der Waals surface area contributed by atoms with Gasteiger partial charge in [-0.15, -0.1) is 0 Å². The smallest absolute Gasteiger partial charge is 0.249 e. The number of allylic oxidation sites excluding steroid dienone is 5. The van der Waals surface area contributed by atoms with Crippen LogP contribution in [0.5, 0.6) is 0 Å². The van der Waals surface area contributed by atoms with Gasteiger partial charge in [-0.2, -0.15) is 0 Å². The molecule has 0 radical (unpaired) electrons. The van der Waals surface area contributed by atoms with Gasteiger partial charge in [-0.25, -0.2) is 0 Å². The van der Waals surface area contributed by atoms with Crippen LogP contribution >= 0.6 is 0 Å². The van der Waals surface area contributed by atoms with Gasteiger partial charge in [-0.1, -0.05) is 320 Å². The van der Waals surface area contributed by atoms with Crippen molar-refractivity contribution in [3.63, 3.8) is 0 Å². The quantitative estimate of drug-likeness (QED) is 0.0361. The van der Waals surface area contributed by atoms with Crippen LogP contribution in [0.4, 0.5) is 0 Å². The lowest BCUT2D eigenvalue weighted by atomic mass is 10.0. The number of carbonyl (C=O) groups excluding carboxylic acids is 1. The molecule has 0 aromatic carbocycles. The van der Waals surface area contributed by atoms with Gasteiger partial charge >= 0.3 is 0 Å². The van der Waals surface area contributed by atoms with Gasteiger partial charge in [0.05, 0.1) is 18.8 Å². The summed E-state index contributed by atoms with van der Waals surface area (Å²) in [5.74, 6) is -0.507. The van der Waals surface area contributed by atoms with Crippen LogP contribution in [-0.2, 0) is 4.79 Å². The first-order valence-electron chi connectivity index (χ1n) is 31.3. The van der Waals surface area contributed by atoms with Crippen LogP contribution in [0.2, 0.25) is 0 Å². The van der Waals surface area contributed by atoms with E-state index in [1.807, 2.05) is 6.08 Å². The van der Waals surface area contributed by atoms with E-state index in [9.17, 15) is 20.1 Å². The highest BCUT2D eigenvalue weighted by atomic mass is 16.3. The third-order valence-corrected chi connectivity index (χ3v) is 14.7. The van der Waals surface area contributed by atoms with E-state index >= 15 is 0 Å². The molecule has 3 unspecified atom stereocenters. The summed E-state index contributed by atoms with van der Waals surface area (Å²) < 4.78 is 0. The highest BCUT2D eigenvalue weighted by Gasteiger charge is 2.22. The zero-order valence-electron chi connectivity index (χ0n) is 46.7. The van der Waals surface area contributed by atoms with Crippen LogP contribution in [-0.4, -0.2) is 46.1 Å². The Morgan fingerprint density at radius 3 is 0.884 bits per heavy atom. The fourth-order valence-electron chi connectivity index (χ4n) is 9.85. The van der Waals surface area contributed by atoms with Crippen LogP contribution in [0, 0.1) is 0 Å². The maximum Gasteiger partial charge on any atom is 0.249 e. The molecule has 69 heavy (non-hydrogen) atoms. The molecule has 0 aliphatic carbocycles. The fraction of sp³-hybridized carbons (Fsp3) is 0.891. The second-order valence-electron chi connectivity index (χ2n) is 21.6. The lowest BCUT2D eigenvalue weighted by Gasteiger charge is -2.21. The third-order valence-electron chi connectivity index (χ3n) is 14.7. The Kier molecular flexibility index (Phi) is 57.9. The molecule has 4 N–H and O–H groups in total. The molecule has 1 amide bonds. The van der Waals surface area contributed by atoms with E-state index in [2.05, 4.69) is 43.5 Å². The number of amides is 1. The second kappa shape index (κ2) is 59.1. The molecule has 0 fully saturated rings. The van der Waals surface area contributed by atoms with E-state index < -0.39 is 24.2 Å². The Morgan fingerprint density at radius 2 is 0.594 bits per heavy atom. The van der Waals surface area contributed by atoms with Crippen molar-refractivity contribution >= 4 is 5.91 Å². The van der Waals surface area contributed by atoms with Gasteiger partial charge in [0.1, 0.15) is 6.10 Å². The molecular weight excluding hydrogens is 847 g/mol. The van der Waals surface area contributed by atoms with Crippen LogP contribution in [0.15, 0.2) is 36.5 Å². The van der Waals surface area contributed by atoms with E-state index in [0.717, 1.165) is 38.5 Å². The third kappa shape index (κ3) is 54.2. The maximum atomic E-state index is 12.6. The van der Waals surface area contributed by atoms with Crippen LogP contribution in [0.25, 0.3) is 0 Å². The number of hydrogen-bond acceptors (Lipinski definition) is 4. The summed E-state index contributed by atoms with van der Waals surface area (Å²) in [6.45, 7) is 4.21. The first-order chi connectivity index (χ1) is 34.1. The van der Waals surface area contributed by atoms with E-state index in [4.69, 9.17) is 0 Å². The van der Waals surface area contributed by atoms with Gasteiger partial charge in [-0.3, -0.25) is 4.79 Å². The number of aliphatic hydroxyl groups is 3. The van der Waals surface area contributed by atoms with Gasteiger partial charge in [0.25, 0.3) is 0 Å². The summed E-state index contributed by atoms with van der Waals surface area (Å²) in [5.41, 5.74) is 0. The topological polar surface area (TPSA) is 89.8 Å². The highest BCUT2D eigenvalue weighted by molar-refractivity contribution is 5.80. The van der Waals surface area contributed by atoms with Crippen LogP contribution in [0.3, 0.4) is 0 Å². The molecule has 0 saturated carbocycles. The van der Waals surface area contributed by atoms with Gasteiger partial charge in [0.2, 0.25) is 5.91 Å².